The molecule has 1 aliphatic rings. The largest absolute Gasteiger partial charge is 0.497 e. The van der Waals surface area contributed by atoms with E-state index in [0.29, 0.717) is 39.9 Å². The predicted octanol–water partition coefficient (Wildman–Crippen LogP) is 3.71. The van der Waals surface area contributed by atoms with Gasteiger partial charge in [-0.3, -0.25) is 19.3 Å². The normalized spacial score (nSPS) is 14.4. The Morgan fingerprint density at radius 3 is 2.26 bits per heavy atom. The number of ether oxygens (including phenoxy) is 3. The standard InChI is InChI=1S/C26H25N3O6/c1-16-26(32)29(15-24(30)27-18-7-5-4-6-8-18)22-13-19(9-10-23(22)35-16)28-25(31)17-11-20(33-2)14-21(12-17)34-3/h4-14,16H,15H2,1-3H3,(H,27,30)(H,28,31). The molecule has 1 heterocycles. The van der Waals surface area contributed by atoms with Gasteiger partial charge in [-0.15, -0.1) is 0 Å². The van der Waals surface area contributed by atoms with E-state index >= 15 is 0 Å². The maximum absolute atomic E-state index is 12.9. The Balaban J connectivity index is 1.57. The fraction of sp³-hybridized carbons (Fsp3) is 0.192. The van der Waals surface area contributed by atoms with E-state index < -0.39 is 12.0 Å². The van der Waals surface area contributed by atoms with Crippen LogP contribution in [0.1, 0.15) is 17.3 Å². The molecule has 9 nitrogen and oxygen atoms in total. The number of anilines is 3. The molecule has 0 radical (unpaired) electrons. The molecule has 0 bridgehead atoms. The summed E-state index contributed by atoms with van der Waals surface area (Å²) < 4.78 is 16.2. The highest BCUT2D eigenvalue weighted by molar-refractivity contribution is 6.08. The number of nitrogens with zero attached hydrogens (tertiary/aromatic N) is 1. The van der Waals surface area contributed by atoms with Crippen LogP contribution in [-0.4, -0.2) is 44.6 Å². The van der Waals surface area contributed by atoms with Gasteiger partial charge >= 0.3 is 0 Å². The molecule has 3 amide bonds. The van der Waals surface area contributed by atoms with Crippen molar-refractivity contribution < 1.29 is 28.6 Å². The Morgan fingerprint density at radius 2 is 1.60 bits per heavy atom. The molecule has 3 aromatic rings. The number of benzene rings is 3. The van der Waals surface area contributed by atoms with Crippen LogP contribution in [0.25, 0.3) is 0 Å². The zero-order valence-corrected chi connectivity index (χ0v) is 19.5. The average Bonchev–Trinajstić information content (AvgIpc) is 2.87. The Morgan fingerprint density at radius 1 is 0.914 bits per heavy atom. The van der Waals surface area contributed by atoms with Crippen molar-refractivity contribution in [2.75, 3.05) is 36.3 Å². The van der Waals surface area contributed by atoms with Crippen LogP contribution < -0.4 is 29.7 Å². The second-order valence-corrected chi connectivity index (χ2v) is 7.84. The van der Waals surface area contributed by atoms with Crippen LogP contribution >= 0.6 is 0 Å². The van der Waals surface area contributed by atoms with E-state index in [4.69, 9.17) is 14.2 Å². The van der Waals surface area contributed by atoms with E-state index in [0.717, 1.165) is 0 Å². The minimum absolute atomic E-state index is 0.209. The van der Waals surface area contributed by atoms with Crippen LogP contribution in [0.4, 0.5) is 17.1 Å². The first-order chi connectivity index (χ1) is 16.9. The van der Waals surface area contributed by atoms with Crippen molar-refractivity contribution in [3.8, 4) is 17.2 Å². The van der Waals surface area contributed by atoms with Crippen molar-refractivity contribution in [2.45, 2.75) is 13.0 Å². The highest BCUT2D eigenvalue weighted by Gasteiger charge is 2.33. The summed E-state index contributed by atoms with van der Waals surface area (Å²) in [5.41, 5.74) is 1.77. The van der Waals surface area contributed by atoms with Crippen molar-refractivity contribution in [3.63, 3.8) is 0 Å². The zero-order valence-electron chi connectivity index (χ0n) is 19.5. The van der Waals surface area contributed by atoms with Crippen molar-refractivity contribution in [2.24, 2.45) is 0 Å². The molecule has 180 valence electrons. The number of fused-ring (bicyclic) bond motifs is 1. The van der Waals surface area contributed by atoms with Gasteiger partial charge in [-0.2, -0.15) is 0 Å². The number of amides is 3. The summed E-state index contributed by atoms with van der Waals surface area (Å²) in [5, 5.41) is 5.58. The van der Waals surface area contributed by atoms with Gasteiger partial charge in [-0.25, -0.2) is 0 Å². The van der Waals surface area contributed by atoms with E-state index in [-0.39, 0.29) is 18.4 Å². The van der Waals surface area contributed by atoms with Crippen LogP contribution in [0.2, 0.25) is 0 Å². The third-order valence-corrected chi connectivity index (χ3v) is 5.40. The summed E-state index contributed by atoms with van der Waals surface area (Å²) in [4.78, 5) is 39.8. The van der Waals surface area contributed by atoms with Gasteiger partial charge in [0.1, 0.15) is 23.8 Å². The number of para-hydroxylation sites is 1. The third-order valence-electron chi connectivity index (χ3n) is 5.40. The smallest absolute Gasteiger partial charge is 0.268 e. The summed E-state index contributed by atoms with van der Waals surface area (Å²) in [6.45, 7) is 1.41. The lowest BCUT2D eigenvalue weighted by Gasteiger charge is -2.33. The molecule has 35 heavy (non-hydrogen) atoms. The van der Waals surface area contributed by atoms with Crippen LogP contribution in [0.3, 0.4) is 0 Å². The molecule has 0 saturated carbocycles. The van der Waals surface area contributed by atoms with Crippen molar-refractivity contribution in [3.05, 3.63) is 72.3 Å². The number of nitrogens with one attached hydrogen (secondary N) is 2. The monoisotopic (exact) mass is 475 g/mol. The van der Waals surface area contributed by atoms with Gasteiger partial charge in [-0.05, 0) is 49.4 Å². The SMILES string of the molecule is COc1cc(OC)cc(C(=O)Nc2ccc3c(c2)N(CC(=O)Nc2ccccc2)C(=O)C(C)O3)c1. The lowest BCUT2D eigenvalue weighted by Crippen LogP contribution is -2.47. The maximum atomic E-state index is 12.9. The first-order valence-corrected chi connectivity index (χ1v) is 10.9. The molecule has 0 aliphatic carbocycles. The minimum atomic E-state index is -0.753. The maximum Gasteiger partial charge on any atom is 0.268 e. The Labute approximate surface area is 202 Å². The van der Waals surface area contributed by atoms with Crippen molar-refractivity contribution >= 4 is 34.8 Å². The number of hydrogen-bond donors (Lipinski definition) is 2. The van der Waals surface area contributed by atoms with E-state index in [2.05, 4.69) is 10.6 Å². The van der Waals surface area contributed by atoms with Crippen molar-refractivity contribution in [1.29, 1.82) is 0 Å². The molecule has 0 spiro atoms. The van der Waals surface area contributed by atoms with Gasteiger partial charge in [0, 0.05) is 23.0 Å². The minimum Gasteiger partial charge on any atom is -0.497 e. The molecular formula is C26H25N3O6. The highest BCUT2D eigenvalue weighted by atomic mass is 16.5. The highest BCUT2D eigenvalue weighted by Crippen LogP contribution is 2.36. The van der Waals surface area contributed by atoms with Crippen LogP contribution in [-0.2, 0) is 9.59 Å². The molecule has 1 unspecified atom stereocenters. The van der Waals surface area contributed by atoms with E-state index in [9.17, 15) is 14.4 Å². The summed E-state index contributed by atoms with van der Waals surface area (Å²) in [6.07, 6.45) is -0.753. The first kappa shape index (κ1) is 23.6. The molecule has 9 heteroatoms. The molecule has 4 rings (SSSR count). The second-order valence-electron chi connectivity index (χ2n) is 7.84. The third kappa shape index (κ3) is 5.35. The fourth-order valence-electron chi connectivity index (χ4n) is 3.66. The first-order valence-electron chi connectivity index (χ1n) is 10.9. The molecule has 1 aliphatic heterocycles. The molecule has 2 N–H and O–H groups in total. The number of methoxy groups -OCH3 is 2. The predicted molar refractivity (Wildman–Crippen MR) is 131 cm³/mol. The molecule has 3 aromatic carbocycles. The number of carbonyl (C=O) groups is 3. The summed E-state index contributed by atoms with van der Waals surface area (Å²) >= 11 is 0. The number of rotatable bonds is 7. The number of hydrogen-bond acceptors (Lipinski definition) is 6. The quantitative estimate of drug-likeness (QED) is 0.540. The molecule has 0 fully saturated rings. The van der Waals surface area contributed by atoms with E-state index in [1.54, 1.807) is 67.6 Å². The van der Waals surface area contributed by atoms with Crippen LogP contribution in [0.5, 0.6) is 17.2 Å². The molecule has 0 aromatic heterocycles. The van der Waals surface area contributed by atoms with Crippen LogP contribution in [0, 0.1) is 0 Å². The Bertz CT molecular complexity index is 1240. The van der Waals surface area contributed by atoms with Gasteiger partial charge in [0.05, 0.1) is 19.9 Å². The van der Waals surface area contributed by atoms with Gasteiger partial charge in [-0.1, -0.05) is 18.2 Å². The lowest BCUT2D eigenvalue weighted by molar-refractivity contribution is -0.127. The Kier molecular flexibility index (Phi) is 6.86. The second kappa shape index (κ2) is 10.2. The molecular weight excluding hydrogens is 450 g/mol. The van der Waals surface area contributed by atoms with Gasteiger partial charge in [0.25, 0.3) is 11.8 Å². The average molecular weight is 476 g/mol. The van der Waals surface area contributed by atoms with Gasteiger partial charge in [0.2, 0.25) is 5.91 Å². The summed E-state index contributed by atoms with van der Waals surface area (Å²) in [5.74, 6) is 0.272. The van der Waals surface area contributed by atoms with Gasteiger partial charge in [0.15, 0.2) is 6.10 Å². The van der Waals surface area contributed by atoms with Crippen LogP contribution in [0.15, 0.2) is 66.7 Å². The zero-order chi connectivity index (χ0) is 24.9. The topological polar surface area (TPSA) is 106 Å². The van der Waals surface area contributed by atoms with E-state index in [1.165, 1.54) is 19.1 Å². The summed E-state index contributed by atoms with van der Waals surface area (Å²) in [6, 6.07) is 18.7. The van der Waals surface area contributed by atoms with Crippen molar-refractivity contribution in [1.82, 2.24) is 0 Å². The molecule has 1 atom stereocenters. The Hall–Kier alpha value is -4.53. The van der Waals surface area contributed by atoms with E-state index in [1.807, 2.05) is 6.07 Å². The fourth-order valence-corrected chi connectivity index (χ4v) is 3.66. The summed E-state index contributed by atoms with van der Waals surface area (Å²) in [7, 11) is 3.00. The lowest BCUT2D eigenvalue weighted by atomic mass is 10.1. The molecule has 0 saturated heterocycles. The van der Waals surface area contributed by atoms with Gasteiger partial charge < -0.3 is 24.8 Å². The number of carbonyl (C=O) groups excluding carboxylic acids is 3.